The highest BCUT2D eigenvalue weighted by molar-refractivity contribution is 5.70. The van der Waals surface area contributed by atoms with Crippen molar-refractivity contribution in [1.82, 2.24) is 0 Å². The SMILES string of the molecule is CC(=O)Oc1ccc(-c2cc(F)c(C#N)c(F)c2)cc1. The molecule has 0 radical (unpaired) electrons. The molecule has 2 rings (SSSR count). The number of esters is 1. The molecule has 0 fully saturated rings. The Morgan fingerprint density at radius 1 is 1.10 bits per heavy atom. The van der Waals surface area contributed by atoms with Crippen LogP contribution in [0.2, 0.25) is 0 Å². The van der Waals surface area contributed by atoms with E-state index in [-0.39, 0.29) is 0 Å². The number of rotatable bonds is 2. The molecule has 0 heterocycles. The summed E-state index contributed by atoms with van der Waals surface area (Å²) in [5, 5.41) is 8.60. The smallest absolute Gasteiger partial charge is 0.308 e. The molecule has 0 spiro atoms. The summed E-state index contributed by atoms with van der Waals surface area (Å²) in [5.74, 6) is -1.93. The van der Waals surface area contributed by atoms with Crippen molar-refractivity contribution in [2.24, 2.45) is 0 Å². The van der Waals surface area contributed by atoms with Crippen LogP contribution in [0.3, 0.4) is 0 Å². The van der Waals surface area contributed by atoms with E-state index in [1.807, 2.05) is 0 Å². The minimum Gasteiger partial charge on any atom is -0.427 e. The van der Waals surface area contributed by atoms with Gasteiger partial charge in [0.15, 0.2) is 0 Å². The van der Waals surface area contributed by atoms with Gasteiger partial charge >= 0.3 is 5.97 Å². The van der Waals surface area contributed by atoms with Gasteiger partial charge in [-0.15, -0.1) is 0 Å². The monoisotopic (exact) mass is 273 g/mol. The van der Waals surface area contributed by atoms with Gasteiger partial charge in [-0.25, -0.2) is 8.78 Å². The molecule has 100 valence electrons. The Morgan fingerprint density at radius 3 is 2.10 bits per heavy atom. The van der Waals surface area contributed by atoms with Gasteiger partial charge in [-0.2, -0.15) is 5.26 Å². The van der Waals surface area contributed by atoms with E-state index >= 15 is 0 Å². The van der Waals surface area contributed by atoms with Crippen LogP contribution in [0, 0.1) is 23.0 Å². The first kappa shape index (κ1) is 13.7. The average Bonchev–Trinajstić information content (AvgIpc) is 2.38. The summed E-state index contributed by atoms with van der Waals surface area (Å²) in [5.41, 5.74) is 0.238. The zero-order valence-corrected chi connectivity index (χ0v) is 10.5. The zero-order chi connectivity index (χ0) is 14.7. The van der Waals surface area contributed by atoms with E-state index in [9.17, 15) is 13.6 Å². The molecule has 5 heteroatoms. The van der Waals surface area contributed by atoms with E-state index in [2.05, 4.69) is 0 Å². The van der Waals surface area contributed by atoms with Crippen LogP contribution in [0.25, 0.3) is 11.1 Å². The van der Waals surface area contributed by atoms with Crippen LogP contribution < -0.4 is 4.74 Å². The van der Waals surface area contributed by atoms with E-state index in [4.69, 9.17) is 10.00 Å². The number of nitriles is 1. The summed E-state index contributed by atoms with van der Waals surface area (Å²) in [6.45, 7) is 1.28. The Labute approximate surface area is 114 Å². The third-order valence-corrected chi connectivity index (χ3v) is 2.60. The van der Waals surface area contributed by atoms with Gasteiger partial charge in [-0.05, 0) is 35.4 Å². The topological polar surface area (TPSA) is 50.1 Å². The van der Waals surface area contributed by atoms with Crippen LogP contribution in [0.4, 0.5) is 8.78 Å². The van der Waals surface area contributed by atoms with Crippen molar-refractivity contribution >= 4 is 5.97 Å². The predicted molar refractivity (Wildman–Crippen MR) is 67.8 cm³/mol. The molecule has 2 aromatic rings. The predicted octanol–water partition coefficient (Wildman–Crippen LogP) is 3.43. The van der Waals surface area contributed by atoms with Crippen molar-refractivity contribution in [2.75, 3.05) is 0 Å². The lowest BCUT2D eigenvalue weighted by Gasteiger charge is -2.06. The average molecular weight is 273 g/mol. The van der Waals surface area contributed by atoms with E-state index in [0.717, 1.165) is 12.1 Å². The van der Waals surface area contributed by atoms with Crippen LogP contribution >= 0.6 is 0 Å². The summed E-state index contributed by atoms with van der Waals surface area (Å²) < 4.78 is 31.9. The molecular formula is C15H9F2NO2. The third-order valence-electron chi connectivity index (χ3n) is 2.60. The highest BCUT2D eigenvalue weighted by atomic mass is 19.1. The Bertz CT molecular complexity index is 680. The van der Waals surface area contributed by atoms with Gasteiger partial charge in [0.05, 0.1) is 0 Å². The van der Waals surface area contributed by atoms with Crippen molar-refractivity contribution in [3.63, 3.8) is 0 Å². The normalized spacial score (nSPS) is 9.90. The molecule has 0 aliphatic rings. The number of carbonyl (C=O) groups is 1. The molecule has 0 unspecified atom stereocenters. The van der Waals surface area contributed by atoms with Crippen molar-refractivity contribution in [1.29, 1.82) is 5.26 Å². The second-order valence-corrected chi connectivity index (χ2v) is 4.04. The van der Waals surface area contributed by atoms with E-state index < -0.39 is 23.2 Å². The molecule has 0 saturated carbocycles. The maximum atomic E-state index is 13.5. The number of nitrogens with zero attached hydrogens (tertiary/aromatic N) is 1. The van der Waals surface area contributed by atoms with E-state index in [0.29, 0.717) is 16.9 Å². The van der Waals surface area contributed by atoms with Crippen LogP contribution in [0.15, 0.2) is 36.4 Å². The second kappa shape index (κ2) is 5.49. The molecule has 0 bridgehead atoms. The Morgan fingerprint density at radius 2 is 1.65 bits per heavy atom. The van der Waals surface area contributed by atoms with Gasteiger partial charge in [0.1, 0.15) is 29.0 Å². The molecule has 0 N–H and O–H groups in total. The largest absolute Gasteiger partial charge is 0.427 e. The molecule has 2 aromatic carbocycles. The van der Waals surface area contributed by atoms with Gasteiger partial charge in [0.25, 0.3) is 0 Å². The Balaban J connectivity index is 2.37. The fourth-order valence-electron chi connectivity index (χ4n) is 1.73. The first-order valence-corrected chi connectivity index (χ1v) is 5.69. The fourth-order valence-corrected chi connectivity index (χ4v) is 1.73. The van der Waals surface area contributed by atoms with E-state index in [1.165, 1.54) is 25.1 Å². The molecule has 20 heavy (non-hydrogen) atoms. The highest BCUT2D eigenvalue weighted by Gasteiger charge is 2.11. The first-order chi connectivity index (χ1) is 9.51. The van der Waals surface area contributed by atoms with Crippen LogP contribution in [-0.4, -0.2) is 5.97 Å². The van der Waals surface area contributed by atoms with Gasteiger partial charge in [0, 0.05) is 6.92 Å². The molecule has 0 amide bonds. The van der Waals surface area contributed by atoms with Crippen LogP contribution in [-0.2, 0) is 4.79 Å². The van der Waals surface area contributed by atoms with Gasteiger partial charge in [-0.3, -0.25) is 4.79 Å². The zero-order valence-electron chi connectivity index (χ0n) is 10.5. The number of ether oxygens (including phenoxy) is 1. The summed E-state index contributed by atoms with van der Waals surface area (Å²) in [6.07, 6.45) is 0. The summed E-state index contributed by atoms with van der Waals surface area (Å²) >= 11 is 0. The third kappa shape index (κ3) is 2.81. The fraction of sp³-hybridized carbons (Fsp3) is 0.0667. The number of hydrogen-bond donors (Lipinski definition) is 0. The lowest BCUT2D eigenvalue weighted by Crippen LogP contribution is -2.00. The molecule has 0 aromatic heterocycles. The lowest BCUT2D eigenvalue weighted by atomic mass is 10.0. The maximum absolute atomic E-state index is 13.5. The molecular weight excluding hydrogens is 264 g/mol. The lowest BCUT2D eigenvalue weighted by molar-refractivity contribution is -0.131. The van der Waals surface area contributed by atoms with Gasteiger partial charge < -0.3 is 4.74 Å². The minimum atomic E-state index is -0.911. The summed E-state index contributed by atoms with van der Waals surface area (Å²) in [4.78, 5) is 10.8. The van der Waals surface area contributed by atoms with Gasteiger partial charge in [-0.1, -0.05) is 12.1 Å². The molecule has 0 atom stereocenters. The first-order valence-electron chi connectivity index (χ1n) is 5.69. The number of hydrogen-bond acceptors (Lipinski definition) is 3. The summed E-state index contributed by atoms with van der Waals surface area (Å²) in [7, 11) is 0. The van der Waals surface area contributed by atoms with Crippen LogP contribution in [0.5, 0.6) is 5.75 Å². The standard InChI is InChI=1S/C15H9F2NO2/c1-9(19)20-12-4-2-10(3-5-12)11-6-14(16)13(8-18)15(17)7-11/h2-7H,1H3. The van der Waals surface area contributed by atoms with Crippen LogP contribution in [0.1, 0.15) is 12.5 Å². The quantitative estimate of drug-likeness (QED) is 0.622. The molecule has 0 saturated heterocycles. The second-order valence-electron chi connectivity index (χ2n) is 4.04. The van der Waals surface area contributed by atoms with Crippen molar-refractivity contribution in [3.05, 3.63) is 53.6 Å². The molecule has 3 nitrogen and oxygen atoms in total. The van der Waals surface area contributed by atoms with Crippen molar-refractivity contribution < 1.29 is 18.3 Å². The maximum Gasteiger partial charge on any atom is 0.308 e. The number of halogens is 2. The number of carbonyl (C=O) groups excluding carboxylic acids is 1. The molecule has 0 aliphatic carbocycles. The Hall–Kier alpha value is -2.74. The van der Waals surface area contributed by atoms with Gasteiger partial charge in [0.2, 0.25) is 0 Å². The minimum absolute atomic E-state index is 0.299. The van der Waals surface area contributed by atoms with E-state index in [1.54, 1.807) is 12.1 Å². The van der Waals surface area contributed by atoms with Crippen molar-refractivity contribution in [2.45, 2.75) is 6.92 Å². The number of benzene rings is 2. The Kier molecular flexibility index (Phi) is 3.76. The highest BCUT2D eigenvalue weighted by Crippen LogP contribution is 2.26. The van der Waals surface area contributed by atoms with Crippen molar-refractivity contribution in [3.8, 4) is 22.9 Å². The molecule has 0 aliphatic heterocycles. The summed E-state index contributed by atoms with van der Waals surface area (Å²) in [6, 6.07) is 9.81.